The minimum absolute atomic E-state index is 0.0794. The van der Waals surface area contributed by atoms with Crippen molar-refractivity contribution in [2.45, 2.75) is 103 Å². The minimum Gasteiger partial charge on any atom is -0.448 e. The standard InChI is InChI=1S/C19H27N3O3S2.C17H24N2O2S2.C6H8N2O4/c1-3-4-7-15(21-18(23)20-2)14-25-19(24)22(12-16-8-5-10-26-16)13-17-9-6-11-27-17;1-2-3-6-14(18)13-21-17(20)19(11-15-7-4-9-22-15)12-16-8-5-10-23-16;1-7-6(11)12-8-4(9)2-3-5(8)10/h5-6,8-11,15H,3-4,7,12-14H2,1-2H3,(H2,20,21,23);4-5,7-10,14H,2-3,6,11-13,18H2,1H3;2-3H2,1H3,(H,7,11)/t15-;14-;/m00./s1. The van der Waals surface area contributed by atoms with Crippen LogP contribution in [0.25, 0.3) is 0 Å². The zero-order valence-electron chi connectivity index (χ0n) is 35.7. The predicted molar refractivity (Wildman–Crippen MR) is 243 cm³/mol. The largest absolute Gasteiger partial charge is 0.448 e. The van der Waals surface area contributed by atoms with E-state index in [0.29, 0.717) is 31.2 Å². The molecule has 4 aromatic heterocycles. The third-order valence-corrected chi connectivity index (χ3v) is 12.3. The van der Waals surface area contributed by atoms with Crippen LogP contribution in [0.1, 0.15) is 84.7 Å². The highest BCUT2D eigenvalue weighted by atomic mass is 32.1. The highest BCUT2D eigenvalue weighted by Crippen LogP contribution is 2.20. The highest BCUT2D eigenvalue weighted by Gasteiger charge is 2.32. The molecule has 62 heavy (non-hydrogen) atoms. The molecule has 0 saturated carbocycles. The Kier molecular flexibility index (Phi) is 24.3. The number of urea groups is 1. The summed E-state index contributed by atoms with van der Waals surface area (Å²) in [7, 11) is 2.91. The third kappa shape index (κ3) is 19.8. The molecule has 340 valence electrons. The van der Waals surface area contributed by atoms with Crippen molar-refractivity contribution in [3.8, 4) is 0 Å². The maximum Gasteiger partial charge on any atom is 0.431 e. The van der Waals surface area contributed by atoms with Gasteiger partial charge in [-0.15, -0.1) is 50.4 Å². The van der Waals surface area contributed by atoms with E-state index in [2.05, 4.69) is 34.6 Å². The van der Waals surface area contributed by atoms with E-state index in [1.807, 2.05) is 70.1 Å². The number of hydrogen-bond donors (Lipinski definition) is 4. The lowest BCUT2D eigenvalue weighted by Gasteiger charge is -2.23. The van der Waals surface area contributed by atoms with E-state index in [1.54, 1.807) is 62.2 Å². The summed E-state index contributed by atoms with van der Waals surface area (Å²) in [6.07, 6.45) is 4.54. The predicted octanol–water partition coefficient (Wildman–Crippen LogP) is 8.31. The molecule has 0 unspecified atom stereocenters. The second-order valence-electron chi connectivity index (χ2n) is 13.9. The first-order valence-electron chi connectivity index (χ1n) is 20.4. The van der Waals surface area contributed by atoms with Crippen molar-refractivity contribution in [2.75, 3.05) is 27.3 Å². The van der Waals surface area contributed by atoms with Crippen LogP contribution in [0.3, 0.4) is 0 Å². The Labute approximate surface area is 379 Å². The molecule has 1 fully saturated rings. The maximum atomic E-state index is 12.7. The number of amides is 7. The van der Waals surface area contributed by atoms with Crippen molar-refractivity contribution in [3.05, 3.63) is 89.6 Å². The molecule has 1 saturated heterocycles. The fourth-order valence-corrected chi connectivity index (χ4v) is 8.38. The lowest BCUT2D eigenvalue weighted by Crippen LogP contribution is -2.44. The first kappa shape index (κ1) is 51.3. The molecule has 1 aliphatic heterocycles. The van der Waals surface area contributed by atoms with Crippen molar-refractivity contribution in [1.82, 2.24) is 30.8 Å². The molecule has 16 nitrogen and oxygen atoms in total. The SMILES string of the molecule is CCCC[C@@H](COC(=O)N(Cc1cccs1)Cc1cccs1)NC(=O)NC.CCCC[C@H](N)COC(=O)N(Cc1cccs1)Cc1cccs1.CNC(=O)ON1C(=O)CCC1=O. The van der Waals surface area contributed by atoms with Gasteiger partial charge in [0, 0.05) is 52.5 Å². The van der Waals surface area contributed by atoms with Crippen LogP contribution in [-0.2, 0) is 50.1 Å². The van der Waals surface area contributed by atoms with E-state index >= 15 is 0 Å². The number of hydrogen-bond acceptors (Lipinski definition) is 14. The summed E-state index contributed by atoms with van der Waals surface area (Å²) >= 11 is 6.53. The Morgan fingerprint density at radius 3 is 1.47 bits per heavy atom. The topological polar surface area (TPSA) is 202 Å². The Bertz CT molecular complexity index is 1790. The molecule has 5 rings (SSSR count). The van der Waals surface area contributed by atoms with E-state index in [0.717, 1.165) is 58.0 Å². The van der Waals surface area contributed by atoms with Crippen LogP contribution in [-0.4, -0.2) is 90.4 Å². The quantitative estimate of drug-likeness (QED) is 0.0625. The minimum atomic E-state index is -0.821. The van der Waals surface area contributed by atoms with Crippen molar-refractivity contribution in [2.24, 2.45) is 5.73 Å². The molecule has 0 aromatic carbocycles. The smallest absolute Gasteiger partial charge is 0.431 e. The molecule has 0 radical (unpaired) electrons. The van der Waals surface area contributed by atoms with Gasteiger partial charge >= 0.3 is 24.3 Å². The molecule has 1 aliphatic rings. The van der Waals surface area contributed by atoms with Gasteiger partial charge in [0.15, 0.2) is 0 Å². The molecule has 7 amide bonds. The van der Waals surface area contributed by atoms with Gasteiger partial charge in [-0.25, -0.2) is 19.2 Å². The van der Waals surface area contributed by atoms with Gasteiger partial charge in [0.1, 0.15) is 13.2 Å². The Hall–Kier alpha value is -5.02. The van der Waals surface area contributed by atoms with Crippen LogP contribution >= 0.6 is 45.3 Å². The first-order chi connectivity index (χ1) is 30.0. The van der Waals surface area contributed by atoms with Crippen LogP contribution in [0.2, 0.25) is 0 Å². The number of carbonyl (C=O) groups excluding carboxylic acids is 6. The lowest BCUT2D eigenvalue weighted by atomic mass is 10.1. The number of unbranched alkanes of at least 4 members (excludes halogenated alkanes) is 2. The number of rotatable bonds is 20. The second kappa shape index (κ2) is 29.3. The molecule has 20 heteroatoms. The Morgan fingerprint density at radius 2 is 1.10 bits per heavy atom. The fraction of sp³-hybridized carbons (Fsp3) is 0.476. The van der Waals surface area contributed by atoms with E-state index in [9.17, 15) is 28.8 Å². The summed E-state index contributed by atoms with van der Waals surface area (Å²) in [4.78, 5) is 81.3. The van der Waals surface area contributed by atoms with Gasteiger partial charge in [-0.2, -0.15) is 0 Å². The average Bonchev–Trinajstić information content (AvgIpc) is 4.15. The number of carbonyl (C=O) groups is 6. The van der Waals surface area contributed by atoms with Gasteiger partial charge < -0.3 is 36.0 Å². The third-order valence-electron chi connectivity index (χ3n) is 8.83. The summed E-state index contributed by atoms with van der Waals surface area (Å²) in [6, 6.07) is 15.5. The van der Waals surface area contributed by atoms with Crippen LogP contribution < -0.4 is 21.7 Å². The number of nitrogens with two attached hydrogens (primary N) is 1. The number of imide groups is 1. The van der Waals surface area contributed by atoms with Crippen molar-refractivity contribution in [1.29, 1.82) is 0 Å². The number of thiophene rings is 4. The van der Waals surface area contributed by atoms with E-state index in [-0.39, 0.29) is 56.4 Å². The number of ether oxygens (including phenoxy) is 2. The Balaban J connectivity index is 0.000000265. The van der Waals surface area contributed by atoms with Crippen LogP contribution in [0.15, 0.2) is 70.1 Å². The van der Waals surface area contributed by atoms with Crippen LogP contribution in [0, 0.1) is 0 Å². The van der Waals surface area contributed by atoms with E-state index in [1.165, 1.54) is 7.05 Å². The summed E-state index contributed by atoms with van der Waals surface area (Å²) in [5, 5.41) is 16.0. The molecule has 4 aromatic rings. The summed E-state index contributed by atoms with van der Waals surface area (Å²) in [5.74, 6) is -0.966. The second-order valence-corrected chi connectivity index (χ2v) is 18.0. The summed E-state index contributed by atoms with van der Waals surface area (Å²) < 4.78 is 11.0. The molecule has 5 N–H and O–H groups in total. The number of hydroxylamine groups is 2. The first-order valence-corrected chi connectivity index (χ1v) is 23.9. The highest BCUT2D eigenvalue weighted by molar-refractivity contribution is 7.10. The van der Waals surface area contributed by atoms with E-state index < -0.39 is 17.9 Å². The van der Waals surface area contributed by atoms with Crippen LogP contribution in [0.4, 0.5) is 19.2 Å². The molecular formula is C42H59N7O9S4. The zero-order valence-corrected chi connectivity index (χ0v) is 39.0. The monoisotopic (exact) mass is 933 g/mol. The van der Waals surface area contributed by atoms with Gasteiger partial charge in [-0.05, 0) is 58.6 Å². The lowest BCUT2D eigenvalue weighted by molar-refractivity contribution is -0.171. The van der Waals surface area contributed by atoms with E-state index in [4.69, 9.17) is 15.2 Å². The molecule has 0 bridgehead atoms. The van der Waals surface area contributed by atoms with Gasteiger partial charge in [0.25, 0.3) is 11.8 Å². The average molecular weight is 934 g/mol. The molecule has 5 heterocycles. The molecular weight excluding hydrogens is 875 g/mol. The normalized spacial score (nSPS) is 12.8. The Morgan fingerprint density at radius 1 is 0.677 bits per heavy atom. The van der Waals surface area contributed by atoms with Crippen molar-refractivity contribution in [3.63, 3.8) is 0 Å². The summed E-state index contributed by atoms with van der Waals surface area (Å²) in [5.41, 5.74) is 5.99. The molecule has 2 atom stereocenters. The molecule has 0 aliphatic carbocycles. The maximum absolute atomic E-state index is 12.7. The van der Waals surface area contributed by atoms with Gasteiger partial charge in [-0.1, -0.05) is 63.8 Å². The van der Waals surface area contributed by atoms with Gasteiger partial charge in [0.05, 0.1) is 32.2 Å². The molecule has 0 spiro atoms. The number of nitrogens with one attached hydrogen (secondary N) is 3. The fourth-order valence-electron chi connectivity index (χ4n) is 5.51. The summed E-state index contributed by atoms with van der Waals surface area (Å²) in [6.45, 7) is 6.82. The van der Waals surface area contributed by atoms with Gasteiger partial charge in [0.2, 0.25) is 0 Å². The number of nitrogens with zero attached hydrogens (tertiary/aromatic N) is 3. The van der Waals surface area contributed by atoms with Crippen molar-refractivity contribution < 1.29 is 43.1 Å². The van der Waals surface area contributed by atoms with Crippen LogP contribution in [0.5, 0.6) is 0 Å². The van der Waals surface area contributed by atoms with Gasteiger partial charge in [-0.3, -0.25) is 19.4 Å². The zero-order chi connectivity index (χ0) is 45.1. The van der Waals surface area contributed by atoms with Crippen molar-refractivity contribution >= 4 is 81.5 Å².